The molecule has 57 valence electrons. The highest BCUT2D eigenvalue weighted by Gasteiger charge is 2.16. The first kappa shape index (κ1) is 7.58. The van der Waals surface area contributed by atoms with Crippen LogP contribution in [0.3, 0.4) is 0 Å². The van der Waals surface area contributed by atoms with E-state index in [1.165, 1.54) is 12.8 Å². The quantitative estimate of drug-likeness (QED) is 0.564. The van der Waals surface area contributed by atoms with Gasteiger partial charge in [-0.3, -0.25) is 4.79 Å². The minimum absolute atomic E-state index is 0.222. The summed E-state index contributed by atoms with van der Waals surface area (Å²) in [5, 5.41) is 0. The van der Waals surface area contributed by atoms with Gasteiger partial charge in [0.05, 0.1) is 0 Å². The Balaban J connectivity index is 2.25. The molecule has 0 atom stereocenters. The van der Waals surface area contributed by atoms with E-state index in [4.69, 9.17) is 0 Å². The van der Waals surface area contributed by atoms with Gasteiger partial charge in [-0.1, -0.05) is 6.92 Å². The van der Waals surface area contributed by atoms with E-state index in [-0.39, 0.29) is 5.91 Å². The first-order valence-electron chi connectivity index (χ1n) is 3.96. The van der Waals surface area contributed by atoms with Crippen LogP contribution < -0.4 is 0 Å². The van der Waals surface area contributed by atoms with Crippen LogP contribution >= 0.6 is 0 Å². The van der Waals surface area contributed by atoms with Crippen molar-refractivity contribution in [2.24, 2.45) is 0 Å². The molecule has 0 aromatic rings. The Labute approximate surface area is 62.2 Å². The van der Waals surface area contributed by atoms with Gasteiger partial charge in [0.1, 0.15) is 0 Å². The van der Waals surface area contributed by atoms with E-state index in [0.717, 1.165) is 19.5 Å². The zero-order valence-corrected chi connectivity index (χ0v) is 6.47. The molecule has 2 heteroatoms. The van der Waals surface area contributed by atoms with E-state index in [9.17, 15) is 4.79 Å². The lowest BCUT2D eigenvalue weighted by molar-refractivity contribution is -0.126. The molecule has 1 radical (unpaired) electrons. The summed E-state index contributed by atoms with van der Waals surface area (Å²) in [6.45, 7) is 3.93. The zero-order valence-electron chi connectivity index (χ0n) is 6.47. The number of hydrogen-bond acceptors (Lipinski definition) is 1. The van der Waals surface area contributed by atoms with Gasteiger partial charge in [0, 0.05) is 19.5 Å². The Morgan fingerprint density at radius 1 is 1.50 bits per heavy atom. The van der Waals surface area contributed by atoms with E-state index in [2.05, 4.69) is 0 Å². The SMILES string of the molecule is CC[CH]C(=O)N1CCCC1. The molecule has 0 aromatic carbocycles. The Kier molecular flexibility index (Phi) is 2.72. The molecule has 1 aliphatic rings. The van der Waals surface area contributed by atoms with Crippen LogP contribution in [0.4, 0.5) is 0 Å². The topological polar surface area (TPSA) is 20.3 Å². The van der Waals surface area contributed by atoms with Crippen LogP contribution in [-0.4, -0.2) is 23.9 Å². The summed E-state index contributed by atoms with van der Waals surface area (Å²) >= 11 is 0. The Morgan fingerprint density at radius 2 is 2.10 bits per heavy atom. The summed E-state index contributed by atoms with van der Waals surface area (Å²) in [5.41, 5.74) is 0. The van der Waals surface area contributed by atoms with Crippen molar-refractivity contribution in [1.29, 1.82) is 0 Å². The summed E-state index contributed by atoms with van der Waals surface area (Å²) in [5.74, 6) is 0.222. The first-order valence-corrected chi connectivity index (χ1v) is 3.96. The number of nitrogens with zero attached hydrogens (tertiary/aromatic N) is 1. The van der Waals surface area contributed by atoms with Crippen molar-refractivity contribution >= 4 is 5.91 Å². The maximum Gasteiger partial charge on any atom is 0.226 e. The third kappa shape index (κ3) is 1.72. The van der Waals surface area contributed by atoms with Crippen molar-refractivity contribution < 1.29 is 4.79 Å². The van der Waals surface area contributed by atoms with Crippen LogP contribution in [0.15, 0.2) is 0 Å². The predicted molar refractivity (Wildman–Crippen MR) is 40.4 cm³/mol. The second-order valence-electron chi connectivity index (χ2n) is 2.64. The Hall–Kier alpha value is -0.530. The van der Waals surface area contributed by atoms with Crippen LogP contribution in [0.5, 0.6) is 0 Å². The minimum atomic E-state index is 0.222. The molecule has 0 saturated carbocycles. The summed E-state index contributed by atoms with van der Waals surface area (Å²) in [7, 11) is 0. The number of carbonyl (C=O) groups excluding carboxylic acids is 1. The van der Waals surface area contributed by atoms with Crippen LogP contribution in [0.2, 0.25) is 0 Å². The largest absolute Gasteiger partial charge is 0.342 e. The van der Waals surface area contributed by atoms with Gasteiger partial charge in [0.2, 0.25) is 5.91 Å². The fourth-order valence-corrected chi connectivity index (χ4v) is 1.24. The molecule has 1 rings (SSSR count). The van der Waals surface area contributed by atoms with Crippen LogP contribution in [0.25, 0.3) is 0 Å². The van der Waals surface area contributed by atoms with Crippen molar-refractivity contribution in [2.45, 2.75) is 26.2 Å². The maximum atomic E-state index is 11.1. The summed E-state index contributed by atoms with van der Waals surface area (Å²) in [4.78, 5) is 13.0. The van der Waals surface area contributed by atoms with E-state index in [1.54, 1.807) is 6.42 Å². The normalized spacial score (nSPS) is 17.9. The van der Waals surface area contributed by atoms with Gasteiger partial charge in [-0.15, -0.1) is 0 Å². The second kappa shape index (κ2) is 3.59. The van der Waals surface area contributed by atoms with Crippen molar-refractivity contribution in [2.75, 3.05) is 13.1 Å². The number of amides is 1. The van der Waals surface area contributed by atoms with E-state index >= 15 is 0 Å². The molecular weight excluding hydrogens is 126 g/mol. The van der Waals surface area contributed by atoms with Crippen LogP contribution in [0.1, 0.15) is 26.2 Å². The highest BCUT2D eigenvalue weighted by atomic mass is 16.2. The van der Waals surface area contributed by atoms with E-state index in [0.29, 0.717) is 0 Å². The van der Waals surface area contributed by atoms with Gasteiger partial charge in [-0.25, -0.2) is 0 Å². The third-order valence-electron chi connectivity index (χ3n) is 1.80. The number of likely N-dealkylation sites (tertiary alicyclic amines) is 1. The number of rotatable bonds is 2. The molecule has 0 aliphatic carbocycles. The van der Waals surface area contributed by atoms with Gasteiger partial charge >= 0.3 is 0 Å². The Bertz CT molecular complexity index is 116. The average molecular weight is 140 g/mol. The first-order chi connectivity index (χ1) is 4.84. The zero-order chi connectivity index (χ0) is 7.40. The van der Waals surface area contributed by atoms with Gasteiger partial charge in [-0.2, -0.15) is 0 Å². The molecule has 10 heavy (non-hydrogen) atoms. The monoisotopic (exact) mass is 140 g/mol. The van der Waals surface area contributed by atoms with Gasteiger partial charge in [-0.05, 0) is 19.3 Å². The molecule has 0 N–H and O–H groups in total. The molecule has 1 aliphatic heterocycles. The van der Waals surface area contributed by atoms with Gasteiger partial charge in [0.15, 0.2) is 0 Å². The van der Waals surface area contributed by atoms with Crippen molar-refractivity contribution in [3.05, 3.63) is 6.42 Å². The van der Waals surface area contributed by atoms with E-state index in [1.807, 2.05) is 11.8 Å². The molecule has 0 unspecified atom stereocenters. The second-order valence-corrected chi connectivity index (χ2v) is 2.64. The molecule has 1 amide bonds. The molecule has 1 fully saturated rings. The molecular formula is C8H14NO. The molecule has 0 spiro atoms. The van der Waals surface area contributed by atoms with Crippen molar-refractivity contribution in [1.82, 2.24) is 4.90 Å². The fourth-order valence-electron chi connectivity index (χ4n) is 1.24. The fraction of sp³-hybridized carbons (Fsp3) is 0.750. The molecule has 1 heterocycles. The predicted octanol–water partition coefficient (Wildman–Crippen LogP) is 1.22. The van der Waals surface area contributed by atoms with Gasteiger partial charge in [0.25, 0.3) is 0 Å². The van der Waals surface area contributed by atoms with Crippen molar-refractivity contribution in [3.63, 3.8) is 0 Å². The lowest BCUT2D eigenvalue weighted by Crippen LogP contribution is -2.27. The summed E-state index contributed by atoms with van der Waals surface area (Å²) in [6.07, 6.45) is 4.98. The van der Waals surface area contributed by atoms with Crippen molar-refractivity contribution in [3.8, 4) is 0 Å². The number of hydrogen-bond donors (Lipinski definition) is 0. The average Bonchev–Trinajstić information content (AvgIpc) is 2.38. The number of carbonyl (C=O) groups is 1. The molecule has 0 aromatic heterocycles. The maximum absolute atomic E-state index is 11.1. The van der Waals surface area contributed by atoms with Gasteiger partial charge < -0.3 is 4.90 Å². The summed E-state index contributed by atoms with van der Waals surface area (Å²) in [6, 6.07) is 0. The lowest BCUT2D eigenvalue weighted by atomic mass is 10.3. The Morgan fingerprint density at radius 3 is 2.60 bits per heavy atom. The van der Waals surface area contributed by atoms with Crippen LogP contribution in [0, 0.1) is 6.42 Å². The highest BCUT2D eigenvalue weighted by molar-refractivity contribution is 5.84. The standard InChI is InChI=1S/C8H14NO/c1-2-5-8(10)9-6-3-4-7-9/h5H,2-4,6-7H2,1H3. The molecule has 2 nitrogen and oxygen atoms in total. The lowest BCUT2D eigenvalue weighted by Gasteiger charge is -2.13. The third-order valence-corrected chi connectivity index (χ3v) is 1.80. The smallest absolute Gasteiger partial charge is 0.226 e. The van der Waals surface area contributed by atoms with E-state index < -0.39 is 0 Å². The highest BCUT2D eigenvalue weighted by Crippen LogP contribution is 2.08. The molecule has 1 saturated heterocycles. The molecule has 0 bridgehead atoms. The van der Waals surface area contributed by atoms with Crippen LogP contribution in [-0.2, 0) is 4.79 Å². The minimum Gasteiger partial charge on any atom is -0.342 e. The summed E-state index contributed by atoms with van der Waals surface area (Å²) < 4.78 is 0.